The third kappa shape index (κ3) is 2.96. The first kappa shape index (κ1) is 14.0. The standard InChI is InChI=1S/C14H16N2O4/c1-2-11-14(20)15-12(18)8-16(11)13(19)7-9-4-3-5-10(17)6-9/h3-6,11,17H,2,7-8H2,1H3,(H,15,18,20). The van der Waals surface area contributed by atoms with Crippen molar-refractivity contribution in [1.29, 1.82) is 0 Å². The number of carbonyl (C=O) groups is 3. The number of phenols is 1. The monoisotopic (exact) mass is 276 g/mol. The summed E-state index contributed by atoms with van der Waals surface area (Å²) in [4.78, 5) is 36.6. The summed E-state index contributed by atoms with van der Waals surface area (Å²) in [6.07, 6.45) is 0.496. The second-order valence-electron chi connectivity index (χ2n) is 4.70. The third-order valence-electron chi connectivity index (χ3n) is 3.23. The number of benzene rings is 1. The van der Waals surface area contributed by atoms with Crippen molar-refractivity contribution in [2.45, 2.75) is 25.8 Å². The zero-order chi connectivity index (χ0) is 14.7. The minimum absolute atomic E-state index is 0.0471. The van der Waals surface area contributed by atoms with Gasteiger partial charge in [-0.15, -0.1) is 0 Å². The highest BCUT2D eigenvalue weighted by molar-refractivity contribution is 6.04. The molecule has 0 radical (unpaired) electrons. The van der Waals surface area contributed by atoms with Crippen LogP contribution in [-0.2, 0) is 20.8 Å². The Hall–Kier alpha value is -2.37. The fourth-order valence-electron chi connectivity index (χ4n) is 2.28. The lowest BCUT2D eigenvalue weighted by Gasteiger charge is -2.33. The maximum Gasteiger partial charge on any atom is 0.249 e. The Kier molecular flexibility index (Phi) is 4.02. The summed E-state index contributed by atoms with van der Waals surface area (Å²) in [5.41, 5.74) is 0.642. The summed E-state index contributed by atoms with van der Waals surface area (Å²) in [7, 11) is 0. The highest BCUT2D eigenvalue weighted by atomic mass is 16.3. The van der Waals surface area contributed by atoms with E-state index >= 15 is 0 Å². The highest BCUT2D eigenvalue weighted by Crippen LogP contribution is 2.15. The Morgan fingerprint density at radius 3 is 2.85 bits per heavy atom. The second-order valence-corrected chi connectivity index (χ2v) is 4.70. The molecule has 0 bridgehead atoms. The van der Waals surface area contributed by atoms with Crippen LogP contribution in [0.15, 0.2) is 24.3 Å². The second kappa shape index (κ2) is 5.73. The van der Waals surface area contributed by atoms with Crippen LogP contribution in [0.2, 0.25) is 0 Å². The summed E-state index contributed by atoms with van der Waals surface area (Å²) in [5.74, 6) is -1.13. The number of hydrogen-bond donors (Lipinski definition) is 2. The molecule has 0 aliphatic carbocycles. The van der Waals surface area contributed by atoms with Gasteiger partial charge in [-0.1, -0.05) is 19.1 Å². The van der Waals surface area contributed by atoms with Crippen molar-refractivity contribution in [3.05, 3.63) is 29.8 Å². The van der Waals surface area contributed by atoms with Crippen molar-refractivity contribution in [3.8, 4) is 5.75 Å². The molecular formula is C14H16N2O4. The summed E-state index contributed by atoms with van der Waals surface area (Å²) >= 11 is 0. The van der Waals surface area contributed by atoms with Crippen LogP contribution in [0.1, 0.15) is 18.9 Å². The summed E-state index contributed by atoms with van der Waals surface area (Å²) in [6.45, 7) is 1.68. The van der Waals surface area contributed by atoms with Crippen LogP contribution in [0.4, 0.5) is 0 Å². The number of nitrogens with one attached hydrogen (secondary N) is 1. The number of carbonyl (C=O) groups excluding carboxylic acids is 3. The molecule has 1 aromatic carbocycles. The predicted molar refractivity (Wildman–Crippen MR) is 70.8 cm³/mol. The van der Waals surface area contributed by atoms with Gasteiger partial charge in [-0.2, -0.15) is 0 Å². The van der Waals surface area contributed by atoms with E-state index in [-0.39, 0.29) is 24.6 Å². The molecule has 1 unspecified atom stereocenters. The van der Waals surface area contributed by atoms with Gasteiger partial charge in [-0.25, -0.2) is 0 Å². The zero-order valence-corrected chi connectivity index (χ0v) is 11.1. The van der Waals surface area contributed by atoms with Crippen molar-refractivity contribution in [3.63, 3.8) is 0 Å². The molecule has 0 spiro atoms. The van der Waals surface area contributed by atoms with Gasteiger partial charge in [0.05, 0.1) is 6.42 Å². The maximum absolute atomic E-state index is 12.3. The van der Waals surface area contributed by atoms with Crippen LogP contribution in [0.3, 0.4) is 0 Å². The molecule has 20 heavy (non-hydrogen) atoms. The van der Waals surface area contributed by atoms with Crippen molar-refractivity contribution >= 4 is 17.7 Å². The number of aromatic hydroxyl groups is 1. The average Bonchev–Trinajstić information content (AvgIpc) is 2.37. The highest BCUT2D eigenvalue weighted by Gasteiger charge is 2.35. The molecule has 6 nitrogen and oxygen atoms in total. The number of rotatable bonds is 3. The van der Waals surface area contributed by atoms with Gasteiger partial charge in [-0.05, 0) is 24.1 Å². The Balaban J connectivity index is 2.14. The van der Waals surface area contributed by atoms with Gasteiger partial charge < -0.3 is 10.0 Å². The first-order chi connectivity index (χ1) is 9.51. The van der Waals surface area contributed by atoms with E-state index < -0.39 is 17.9 Å². The van der Waals surface area contributed by atoms with Crippen LogP contribution >= 0.6 is 0 Å². The molecule has 2 rings (SSSR count). The molecule has 1 atom stereocenters. The van der Waals surface area contributed by atoms with E-state index in [1.54, 1.807) is 19.1 Å². The molecule has 2 N–H and O–H groups in total. The average molecular weight is 276 g/mol. The van der Waals surface area contributed by atoms with E-state index in [1.807, 2.05) is 0 Å². The fourth-order valence-corrected chi connectivity index (χ4v) is 2.28. The number of piperazine rings is 1. The Labute approximate surface area is 116 Å². The number of hydrogen-bond acceptors (Lipinski definition) is 4. The van der Waals surface area contributed by atoms with E-state index in [4.69, 9.17) is 0 Å². The van der Waals surface area contributed by atoms with Gasteiger partial charge in [0.15, 0.2) is 0 Å². The van der Waals surface area contributed by atoms with Crippen LogP contribution in [0.5, 0.6) is 5.75 Å². The van der Waals surface area contributed by atoms with Gasteiger partial charge in [0.25, 0.3) is 0 Å². The molecule has 1 aromatic rings. The summed E-state index contributed by atoms with van der Waals surface area (Å²) in [5, 5.41) is 11.6. The first-order valence-electron chi connectivity index (χ1n) is 6.42. The topological polar surface area (TPSA) is 86.7 Å². The molecule has 1 aliphatic heterocycles. The Morgan fingerprint density at radius 1 is 1.45 bits per heavy atom. The van der Waals surface area contributed by atoms with E-state index in [0.29, 0.717) is 12.0 Å². The lowest BCUT2D eigenvalue weighted by Crippen LogP contribution is -2.59. The number of imide groups is 1. The van der Waals surface area contributed by atoms with Gasteiger partial charge in [0.1, 0.15) is 18.3 Å². The minimum Gasteiger partial charge on any atom is -0.508 e. The molecule has 0 saturated carbocycles. The molecule has 1 aliphatic rings. The van der Waals surface area contributed by atoms with Crippen molar-refractivity contribution in [2.24, 2.45) is 0 Å². The lowest BCUT2D eigenvalue weighted by atomic mass is 10.1. The van der Waals surface area contributed by atoms with Crippen LogP contribution in [0, 0.1) is 0 Å². The molecule has 1 heterocycles. The molecule has 1 fully saturated rings. The van der Waals surface area contributed by atoms with Crippen molar-refractivity contribution < 1.29 is 19.5 Å². The SMILES string of the molecule is CCC1C(=O)NC(=O)CN1C(=O)Cc1cccc(O)c1. The van der Waals surface area contributed by atoms with Gasteiger partial charge in [0.2, 0.25) is 17.7 Å². The van der Waals surface area contributed by atoms with E-state index in [0.717, 1.165) is 0 Å². The molecule has 106 valence electrons. The zero-order valence-electron chi connectivity index (χ0n) is 11.1. The van der Waals surface area contributed by atoms with Crippen LogP contribution in [0.25, 0.3) is 0 Å². The van der Waals surface area contributed by atoms with E-state index in [2.05, 4.69) is 5.32 Å². The third-order valence-corrected chi connectivity index (χ3v) is 3.23. The molecule has 0 aromatic heterocycles. The number of amides is 3. The Morgan fingerprint density at radius 2 is 2.20 bits per heavy atom. The normalized spacial score (nSPS) is 18.9. The largest absolute Gasteiger partial charge is 0.508 e. The fraction of sp³-hybridized carbons (Fsp3) is 0.357. The quantitative estimate of drug-likeness (QED) is 0.772. The summed E-state index contributed by atoms with van der Waals surface area (Å²) < 4.78 is 0. The van der Waals surface area contributed by atoms with Crippen molar-refractivity contribution in [2.75, 3.05) is 6.54 Å². The van der Waals surface area contributed by atoms with Crippen LogP contribution < -0.4 is 5.32 Å². The number of nitrogens with zero attached hydrogens (tertiary/aromatic N) is 1. The lowest BCUT2D eigenvalue weighted by molar-refractivity contribution is -0.149. The maximum atomic E-state index is 12.3. The van der Waals surface area contributed by atoms with E-state index in [9.17, 15) is 19.5 Å². The van der Waals surface area contributed by atoms with Gasteiger partial charge in [0, 0.05) is 0 Å². The molecule has 1 saturated heterocycles. The van der Waals surface area contributed by atoms with Crippen LogP contribution in [-0.4, -0.2) is 40.3 Å². The summed E-state index contributed by atoms with van der Waals surface area (Å²) in [6, 6.07) is 5.75. The first-order valence-corrected chi connectivity index (χ1v) is 6.42. The molecule has 6 heteroatoms. The van der Waals surface area contributed by atoms with Gasteiger partial charge >= 0.3 is 0 Å². The molecule has 3 amide bonds. The van der Waals surface area contributed by atoms with Crippen molar-refractivity contribution in [1.82, 2.24) is 10.2 Å². The Bertz CT molecular complexity index is 556. The van der Waals surface area contributed by atoms with E-state index in [1.165, 1.54) is 17.0 Å². The van der Waals surface area contributed by atoms with Gasteiger partial charge in [-0.3, -0.25) is 19.7 Å². The predicted octanol–water partition coefficient (Wildman–Crippen LogP) is 0.198. The smallest absolute Gasteiger partial charge is 0.249 e. The minimum atomic E-state index is -0.613. The molecular weight excluding hydrogens is 260 g/mol. The number of phenolic OH excluding ortho intramolecular Hbond substituents is 1.